The first-order chi connectivity index (χ1) is 7.95. The number of ketones is 1. The number of hydrogen-bond donors (Lipinski definition) is 1. The van der Waals surface area contributed by atoms with E-state index in [4.69, 9.17) is 0 Å². The molecule has 1 N–H and O–H groups in total. The molecule has 1 rings (SSSR count). The van der Waals surface area contributed by atoms with E-state index in [0.29, 0.717) is 11.3 Å². The van der Waals surface area contributed by atoms with Gasteiger partial charge in [-0.2, -0.15) is 0 Å². The zero-order valence-corrected chi connectivity index (χ0v) is 10.4. The van der Waals surface area contributed by atoms with Crippen LogP contribution in [0, 0.1) is 12.8 Å². The first-order valence-electron chi connectivity index (χ1n) is 5.54. The van der Waals surface area contributed by atoms with Crippen LogP contribution in [0.5, 0.6) is 0 Å². The Hall–Kier alpha value is -1.90. The molecule has 0 radical (unpaired) electrons. The Morgan fingerprint density at radius 3 is 2.53 bits per heavy atom. The third kappa shape index (κ3) is 3.28. The monoisotopic (exact) mass is 231 g/mol. The topological polar surface area (TPSA) is 46.2 Å². The van der Waals surface area contributed by atoms with Crippen molar-refractivity contribution in [2.45, 2.75) is 20.8 Å². The number of hydrogen-bond acceptors (Lipinski definition) is 2. The van der Waals surface area contributed by atoms with E-state index in [-0.39, 0.29) is 17.6 Å². The van der Waals surface area contributed by atoms with Crippen LogP contribution in [-0.2, 0) is 4.79 Å². The minimum absolute atomic E-state index is 0.0214. The lowest BCUT2D eigenvalue weighted by Gasteiger charge is -2.12. The summed E-state index contributed by atoms with van der Waals surface area (Å²) in [6.45, 7) is 8.97. The molecule has 90 valence electrons. The second-order valence-corrected chi connectivity index (χ2v) is 4.26. The molecule has 0 aliphatic carbocycles. The maximum Gasteiger partial charge on any atom is 0.247 e. The summed E-state index contributed by atoms with van der Waals surface area (Å²) < 4.78 is 0. The third-order valence-corrected chi connectivity index (χ3v) is 2.41. The van der Waals surface area contributed by atoms with Crippen molar-refractivity contribution in [2.24, 2.45) is 5.92 Å². The van der Waals surface area contributed by atoms with Gasteiger partial charge in [0.05, 0.1) is 5.69 Å². The fourth-order valence-corrected chi connectivity index (χ4v) is 1.47. The number of nitrogens with one attached hydrogen (secondary N) is 1. The van der Waals surface area contributed by atoms with Crippen LogP contribution >= 0.6 is 0 Å². The Morgan fingerprint density at radius 2 is 2.00 bits per heavy atom. The Balaban J connectivity index is 3.16. The molecule has 0 spiro atoms. The molecule has 1 aromatic rings. The van der Waals surface area contributed by atoms with Crippen molar-refractivity contribution in [2.75, 3.05) is 5.32 Å². The summed E-state index contributed by atoms with van der Waals surface area (Å²) >= 11 is 0. The van der Waals surface area contributed by atoms with E-state index in [1.165, 1.54) is 6.08 Å². The molecule has 0 atom stereocenters. The molecule has 0 unspecified atom stereocenters. The lowest BCUT2D eigenvalue weighted by atomic mass is 9.98. The lowest BCUT2D eigenvalue weighted by molar-refractivity contribution is -0.111. The number of rotatable bonds is 4. The van der Waals surface area contributed by atoms with Crippen molar-refractivity contribution in [1.82, 2.24) is 0 Å². The molecular weight excluding hydrogens is 214 g/mol. The molecule has 0 aliphatic rings. The van der Waals surface area contributed by atoms with Crippen molar-refractivity contribution in [3.63, 3.8) is 0 Å². The molecule has 0 saturated heterocycles. The van der Waals surface area contributed by atoms with Crippen LogP contribution in [0.3, 0.4) is 0 Å². The van der Waals surface area contributed by atoms with E-state index in [0.717, 1.165) is 5.56 Å². The molecule has 1 amide bonds. The molecule has 17 heavy (non-hydrogen) atoms. The minimum atomic E-state index is -0.313. The van der Waals surface area contributed by atoms with E-state index >= 15 is 0 Å². The molecule has 0 aromatic heterocycles. The molecule has 1 aromatic carbocycles. The highest BCUT2D eigenvalue weighted by Crippen LogP contribution is 2.21. The normalized spacial score (nSPS) is 10.1. The van der Waals surface area contributed by atoms with Crippen LogP contribution in [0.1, 0.15) is 29.8 Å². The van der Waals surface area contributed by atoms with Crippen LogP contribution < -0.4 is 5.32 Å². The Bertz CT molecular complexity index is 461. The van der Waals surface area contributed by atoms with Gasteiger partial charge in [-0.1, -0.05) is 32.1 Å². The van der Waals surface area contributed by atoms with Gasteiger partial charge in [0.25, 0.3) is 0 Å². The van der Waals surface area contributed by atoms with E-state index in [9.17, 15) is 9.59 Å². The largest absolute Gasteiger partial charge is 0.322 e. The maximum atomic E-state index is 12.0. The smallest absolute Gasteiger partial charge is 0.247 e. The van der Waals surface area contributed by atoms with E-state index < -0.39 is 0 Å². The molecule has 0 fully saturated rings. The second kappa shape index (κ2) is 5.43. The summed E-state index contributed by atoms with van der Waals surface area (Å²) in [4.78, 5) is 23.3. The summed E-state index contributed by atoms with van der Waals surface area (Å²) in [6.07, 6.45) is 1.18. The van der Waals surface area contributed by atoms with Crippen LogP contribution in [0.4, 0.5) is 5.69 Å². The van der Waals surface area contributed by atoms with Gasteiger partial charge in [0.1, 0.15) is 0 Å². The van der Waals surface area contributed by atoms with Gasteiger partial charge in [-0.15, -0.1) is 0 Å². The highest BCUT2D eigenvalue weighted by atomic mass is 16.1. The standard InChI is InChI=1S/C14H17NO2/c1-5-13(16)15-12-7-6-10(4)8-11(12)14(17)9(2)3/h5-9H,1H2,2-4H3,(H,15,16). The minimum Gasteiger partial charge on any atom is -0.322 e. The van der Waals surface area contributed by atoms with E-state index in [1.54, 1.807) is 12.1 Å². The maximum absolute atomic E-state index is 12.0. The SMILES string of the molecule is C=CC(=O)Nc1ccc(C)cc1C(=O)C(C)C. The van der Waals surface area contributed by atoms with Crippen LogP contribution in [0.2, 0.25) is 0 Å². The number of benzene rings is 1. The van der Waals surface area contributed by atoms with Gasteiger partial charge in [0.2, 0.25) is 5.91 Å². The zero-order valence-electron chi connectivity index (χ0n) is 10.4. The highest BCUT2D eigenvalue weighted by Gasteiger charge is 2.15. The van der Waals surface area contributed by atoms with Crippen molar-refractivity contribution in [1.29, 1.82) is 0 Å². The highest BCUT2D eigenvalue weighted by molar-refractivity contribution is 6.07. The molecule has 0 heterocycles. The average Bonchev–Trinajstić information content (AvgIpc) is 2.30. The number of aryl methyl sites for hydroxylation is 1. The molecule has 3 heteroatoms. The average molecular weight is 231 g/mol. The van der Waals surface area contributed by atoms with Gasteiger partial charge in [0, 0.05) is 11.5 Å². The molecule has 0 bridgehead atoms. The second-order valence-electron chi connectivity index (χ2n) is 4.26. The van der Waals surface area contributed by atoms with E-state index in [1.807, 2.05) is 26.8 Å². The summed E-state index contributed by atoms with van der Waals surface area (Å²) in [5, 5.41) is 2.65. The predicted molar refractivity (Wildman–Crippen MR) is 69.2 cm³/mol. The fourth-order valence-electron chi connectivity index (χ4n) is 1.47. The van der Waals surface area contributed by atoms with Crippen LogP contribution in [0.15, 0.2) is 30.9 Å². The molecular formula is C14H17NO2. The summed E-state index contributed by atoms with van der Waals surface area (Å²) in [5.74, 6) is -0.393. The number of anilines is 1. The number of carbonyl (C=O) groups excluding carboxylic acids is 2. The number of carbonyl (C=O) groups is 2. The van der Waals surface area contributed by atoms with E-state index in [2.05, 4.69) is 11.9 Å². The van der Waals surface area contributed by atoms with Crippen molar-refractivity contribution in [3.8, 4) is 0 Å². The summed E-state index contributed by atoms with van der Waals surface area (Å²) in [7, 11) is 0. The summed E-state index contributed by atoms with van der Waals surface area (Å²) in [5.41, 5.74) is 2.08. The van der Waals surface area contributed by atoms with Crippen LogP contribution in [0.25, 0.3) is 0 Å². The molecule has 3 nitrogen and oxygen atoms in total. The molecule has 0 aliphatic heterocycles. The summed E-state index contributed by atoms with van der Waals surface area (Å²) in [6, 6.07) is 5.39. The van der Waals surface area contributed by atoms with Crippen molar-refractivity contribution in [3.05, 3.63) is 42.0 Å². The Kier molecular flexibility index (Phi) is 4.21. The first kappa shape index (κ1) is 13.2. The number of amides is 1. The molecule has 0 saturated carbocycles. The fraction of sp³-hybridized carbons (Fsp3) is 0.286. The lowest BCUT2D eigenvalue weighted by Crippen LogP contribution is -2.15. The van der Waals surface area contributed by atoms with Gasteiger partial charge in [-0.3, -0.25) is 9.59 Å². The van der Waals surface area contributed by atoms with Gasteiger partial charge in [-0.25, -0.2) is 0 Å². The quantitative estimate of drug-likeness (QED) is 0.639. The van der Waals surface area contributed by atoms with Gasteiger partial charge < -0.3 is 5.32 Å². The number of Topliss-reactive ketones (excluding diaryl/α,β-unsaturated/α-hetero) is 1. The van der Waals surface area contributed by atoms with Crippen molar-refractivity contribution >= 4 is 17.4 Å². The van der Waals surface area contributed by atoms with Crippen molar-refractivity contribution < 1.29 is 9.59 Å². The van der Waals surface area contributed by atoms with Gasteiger partial charge in [-0.05, 0) is 25.1 Å². The zero-order chi connectivity index (χ0) is 13.0. The third-order valence-electron chi connectivity index (χ3n) is 2.41. The van der Waals surface area contributed by atoms with Gasteiger partial charge >= 0.3 is 0 Å². The Labute approximate surface area is 102 Å². The predicted octanol–water partition coefficient (Wildman–Crippen LogP) is 2.96. The van der Waals surface area contributed by atoms with Gasteiger partial charge in [0.15, 0.2) is 5.78 Å². The Morgan fingerprint density at radius 1 is 1.35 bits per heavy atom. The first-order valence-corrected chi connectivity index (χ1v) is 5.54. The van der Waals surface area contributed by atoms with Crippen LogP contribution in [-0.4, -0.2) is 11.7 Å².